The van der Waals surface area contributed by atoms with Crippen molar-refractivity contribution in [3.05, 3.63) is 104 Å². The van der Waals surface area contributed by atoms with E-state index < -0.39 is 0 Å². The van der Waals surface area contributed by atoms with E-state index in [0.29, 0.717) is 43.5 Å². The van der Waals surface area contributed by atoms with Crippen molar-refractivity contribution in [2.45, 2.75) is 23.3 Å². The predicted molar refractivity (Wildman–Crippen MR) is 158 cm³/mol. The van der Waals surface area contributed by atoms with Crippen LogP contribution in [0.4, 0.5) is 0 Å². The molecule has 2 aromatic carbocycles. The SMILES string of the molecule is COc1ccc(CCN2C(=O)/C(=C\c3c(Sc4ccc(Cl)cc4)nc4ccc(C)cn4c3=O)SC2=S)cc1. The van der Waals surface area contributed by atoms with Gasteiger partial charge in [-0.2, -0.15) is 0 Å². The smallest absolute Gasteiger partial charge is 0.266 e. The molecule has 0 unspecified atom stereocenters. The molecule has 0 aliphatic carbocycles. The summed E-state index contributed by atoms with van der Waals surface area (Å²) in [4.78, 5) is 34.6. The van der Waals surface area contributed by atoms with Gasteiger partial charge >= 0.3 is 0 Å². The Labute approximate surface area is 238 Å². The summed E-state index contributed by atoms with van der Waals surface area (Å²) in [6.07, 6.45) is 4.01. The quantitative estimate of drug-likeness (QED) is 0.145. The van der Waals surface area contributed by atoms with Crippen LogP contribution in [0, 0.1) is 6.92 Å². The van der Waals surface area contributed by atoms with Gasteiger partial charge in [-0.3, -0.25) is 18.9 Å². The minimum Gasteiger partial charge on any atom is -0.497 e. The van der Waals surface area contributed by atoms with Gasteiger partial charge in [0.05, 0.1) is 17.6 Å². The lowest BCUT2D eigenvalue weighted by Gasteiger charge is -2.14. The Bertz CT molecular complexity index is 1630. The Kier molecular flexibility index (Phi) is 7.90. The third-order valence-electron chi connectivity index (χ3n) is 5.93. The van der Waals surface area contributed by atoms with Crippen LogP contribution in [-0.4, -0.2) is 38.2 Å². The Morgan fingerprint density at radius 1 is 1.08 bits per heavy atom. The molecule has 1 aliphatic heterocycles. The lowest BCUT2D eigenvalue weighted by Crippen LogP contribution is -2.30. The number of hydrogen-bond donors (Lipinski definition) is 0. The number of methoxy groups -OCH3 is 1. The summed E-state index contributed by atoms with van der Waals surface area (Å²) in [5.41, 5.74) is 2.61. The van der Waals surface area contributed by atoms with Gasteiger partial charge in [-0.1, -0.05) is 65.5 Å². The second kappa shape index (κ2) is 11.3. The highest BCUT2D eigenvalue weighted by molar-refractivity contribution is 8.26. The van der Waals surface area contributed by atoms with Gasteiger partial charge in [0.2, 0.25) is 0 Å². The van der Waals surface area contributed by atoms with Gasteiger partial charge in [0.15, 0.2) is 0 Å². The van der Waals surface area contributed by atoms with E-state index in [2.05, 4.69) is 0 Å². The Balaban J connectivity index is 1.48. The van der Waals surface area contributed by atoms with Crippen LogP contribution in [-0.2, 0) is 11.2 Å². The van der Waals surface area contributed by atoms with Gasteiger partial charge in [-0.05, 0) is 73.0 Å². The number of carbonyl (C=O) groups excluding carboxylic acids is 1. The van der Waals surface area contributed by atoms with Crippen molar-refractivity contribution in [3.63, 3.8) is 0 Å². The summed E-state index contributed by atoms with van der Waals surface area (Å²) < 4.78 is 7.19. The molecule has 10 heteroatoms. The summed E-state index contributed by atoms with van der Waals surface area (Å²) in [6.45, 7) is 2.35. The molecular formula is C28H22ClN3O3S3. The van der Waals surface area contributed by atoms with Crippen molar-refractivity contribution in [3.8, 4) is 5.75 Å². The lowest BCUT2D eigenvalue weighted by atomic mass is 10.1. The number of pyridine rings is 1. The van der Waals surface area contributed by atoms with E-state index in [4.69, 9.17) is 33.5 Å². The molecule has 0 bridgehead atoms. The molecule has 2 aromatic heterocycles. The monoisotopic (exact) mass is 579 g/mol. The van der Waals surface area contributed by atoms with Crippen molar-refractivity contribution >= 4 is 69.3 Å². The number of ether oxygens (including phenoxy) is 1. The van der Waals surface area contributed by atoms with Crippen LogP contribution in [0.2, 0.25) is 5.02 Å². The van der Waals surface area contributed by atoms with Gasteiger partial charge in [-0.15, -0.1) is 0 Å². The van der Waals surface area contributed by atoms with Gasteiger partial charge in [0.1, 0.15) is 20.7 Å². The molecule has 1 fully saturated rings. The number of amides is 1. The number of halogens is 1. The van der Waals surface area contributed by atoms with Crippen LogP contribution in [0.5, 0.6) is 5.75 Å². The molecule has 4 aromatic rings. The van der Waals surface area contributed by atoms with E-state index in [1.54, 1.807) is 36.4 Å². The van der Waals surface area contributed by atoms with Crippen LogP contribution in [0.15, 0.2) is 86.5 Å². The number of nitrogens with zero attached hydrogens (tertiary/aromatic N) is 3. The topological polar surface area (TPSA) is 63.9 Å². The maximum absolute atomic E-state index is 13.6. The minimum absolute atomic E-state index is 0.218. The summed E-state index contributed by atoms with van der Waals surface area (Å²) in [6, 6.07) is 18.7. The highest BCUT2D eigenvalue weighted by atomic mass is 35.5. The van der Waals surface area contributed by atoms with E-state index in [9.17, 15) is 9.59 Å². The lowest BCUT2D eigenvalue weighted by molar-refractivity contribution is -0.122. The normalized spacial score (nSPS) is 14.6. The second-order valence-corrected chi connectivity index (χ2v) is 11.7. The summed E-state index contributed by atoms with van der Waals surface area (Å²) in [7, 11) is 1.62. The number of thioether (sulfide) groups is 1. The van der Waals surface area contributed by atoms with Crippen molar-refractivity contribution in [1.29, 1.82) is 0 Å². The molecule has 192 valence electrons. The molecule has 5 rings (SSSR count). The van der Waals surface area contributed by atoms with Crippen molar-refractivity contribution in [2.24, 2.45) is 0 Å². The third-order valence-corrected chi connectivity index (χ3v) is 8.57. The fourth-order valence-corrected chi connectivity index (χ4v) is 6.22. The molecule has 6 nitrogen and oxygen atoms in total. The average molecular weight is 580 g/mol. The predicted octanol–water partition coefficient (Wildman–Crippen LogP) is 6.26. The molecule has 1 aliphatic rings. The first-order valence-corrected chi connectivity index (χ1v) is 14.1. The molecule has 0 spiro atoms. The van der Waals surface area contributed by atoms with Crippen LogP contribution >= 0.6 is 47.3 Å². The highest BCUT2D eigenvalue weighted by Crippen LogP contribution is 2.35. The average Bonchev–Trinajstić information content (AvgIpc) is 3.18. The maximum Gasteiger partial charge on any atom is 0.266 e. The van der Waals surface area contributed by atoms with E-state index >= 15 is 0 Å². The number of rotatable bonds is 7. The van der Waals surface area contributed by atoms with E-state index in [-0.39, 0.29) is 11.5 Å². The van der Waals surface area contributed by atoms with Crippen molar-refractivity contribution < 1.29 is 9.53 Å². The summed E-state index contributed by atoms with van der Waals surface area (Å²) in [5, 5.41) is 1.12. The van der Waals surface area contributed by atoms with Crippen LogP contribution in [0.3, 0.4) is 0 Å². The number of fused-ring (bicyclic) bond motifs is 1. The highest BCUT2D eigenvalue weighted by Gasteiger charge is 2.32. The Hall–Kier alpha value is -3.11. The first-order valence-electron chi connectivity index (χ1n) is 11.7. The second-order valence-electron chi connectivity index (χ2n) is 8.56. The Morgan fingerprint density at radius 3 is 2.53 bits per heavy atom. The molecule has 0 saturated carbocycles. The van der Waals surface area contributed by atoms with E-state index in [0.717, 1.165) is 21.8 Å². The minimum atomic E-state index is -0.251. The zero-order valence-electron chi connectivity index (χ0n) is 20.5. The van der Waals surface area contributed by atoms with Gasteiger partial charge in [0, 0.05) is 22.7 Å². The third kappa shape index (κ3) is 5.66. The van der Waals surface area contributed by atoms with Crippen molar-refractivity contribution in [1.82, 2.24) is 14.3 Å². The van der Waals surface area contributed by atoms with E-state index in [1.165, 1.54) is 27.9 Å². The summed E-state index contributed by atoms with van der Waals surface area (Å²) in [5.74, 6) is 0.560. The number of thiocarbonyl (C=S) groups is 1. The van der Waals surface area contributed by atoms with Gasteiger partial charge in [0.25, 0.3) is 11.5 Å². The fraction of sp³-hybridized carbons (Fsp3) is 0.143. The van der Waals surface area contributed by atoms with Gasteiger partial charge < -0.3 is 4.74 Å². The van der Waals surface area contributed by atoms with Crippen LogP contribution in [0.1, 0.15) is 16.7 Å². The summed E-state index contributed by atoms with van der Waals surface area (Å²) >= 11 is 14.1. The zero-order valence-corrected chi connectivity index (χ0v) is 23.7. The maximum atomic E-state index is 13.6. The van der Waals surface area contributed by atoms with Crippen molar-refractivity contribution in [2.75, 3.05) is 13.7 Å². The standard InChI is InChI=1S/C28H22ClN3O3S3/c1-17-3-12-24-30-25(37-21-10-6-19(29)7-11-21)22(26(33)32(24)16-17)15-23-27(34)31(28(36)38-23)14-13-18-4-8-20(35-2)9-5-18/h3-12,15-16H,13-14H2,1-2H3/b23-15+. The number of hydrogen-bond acceptors (Lipinski definition) is 7. The first-order chi connectivity index (χ1) is 18.3. The number of aromatic nitrogens is 2. The number of carbonyl (C=O) groups is 1. The van der Waals surface area contributed by atoms with Gasteiger partial charge in [-0.25, -0.2) is 4.98 Å². The number of benzene rings is 2. The molecule has 1 saturated heterocycles. The Morgan fingerprint density at radius 2 is 1.82 bits per heavy atom. The molecule has 0 N–H and O–H groups in total. The molecule has 0 atom stereocenters. The molecule has 3 heterocycles. The zero-order chi connectivity index (χ0) is 26.8. The van der Waals surface area contributed by atoms with Crippen LogP contribution in [0.25, 0.3) is 11.7 Å². The van der Waals surface area contributed by atoms with Crippen LogP contribution < -0.4 is 10.3 Å². The number of aryl methyl sites for hydroxylation is 1. The van der Waals surface area contributed by atoms with E-state index in [1.807, 2.05) is 55.5 Å². The molecule has 0 radical (unpaired) electrons. The molecular weight excluding hydrogens is 558 g/mol. The first kappa shape index (κ1) is 26.5. The molecule has 38 heavy (non-hydrogen) atoms. The largest absolute Gasteiger partial charge is 0.497 e. The molecule has 1 amide bonds. The fourth-order valence-electron chi connectivity index (χ4n) is 3.91.